The maximum Gasteiger partial charge on any atom is 0.115 e. The predicted molar refractivity (Wildman–Crippen MR) is 70.5 cm³/mol. The van der Waals surface area contributed by atoms with Crippen molar-refractivity contribution in [1.29, 1.82) is 0 Å². The Kier molecular flexibility index (Phi) is 4.02. The van der Waals surface area contributed by atoms with Crippen LogP contribution in [0.15, 0.2) is 24.3 Å². The van der Waals surface area contributed by atoms with E-state index in [4.69, 9.17) is 0 Å². The van der Waals surface area contributed by atoms with Gasteiger partial charge in [0.15, 0.2) is 0 Å². The maximum atomic E-state index is 9.48. The third kappa shape index (κ3) is 3.45. The number of likely N-dealkylation sites (N-methyl/N-ethyl adjacent to an activating group) is 1. The van der Waals surface area contributed by atoms with Crippen molar-refractivity contribution in [2.24, 2.45) is 0 Å². The minimum atomic E-state index is 0.368. The minimum absolute atomic E-state index is 0.368. The summed E-state index contributed by atoms with van der Waals surface area (Å²) in [5.41, 5.74) is 1.23. The van der Waals surface area contributed by atoms with E-state index in [-0.39, 0.29) is 0 Å². The van der Waals surface area contributed by atoms with Crippen molar-refractivity contribution in [2.45, 2.75) is 12.8 Å². The molecule has 1 fully saturated rings. The molecule has 0 aliphatic carbocycles. The number of hydrogen-bond acceptors (Lipinski definition) is 3. The van der Waals surface area contributed by atoms with E-state index in [1.165, 1.54) is 5.56 Å². The van der Waals surface area contributed by atoms with Gasteiger partial charge in [-0.05, 0) is 30.7 Å². The molecular weight excluding hydrogens is 212 g/mol. The second kappa shape index (κ2) is 5.52. The number of aromatic hydroxyl groups is 1. The zero-order valence-corrected chi connectivity index (χ0v) is 10.8. The summed E-state index contributed by atoms with van der Waals surface area (Å²) < 4.78 is 0. The van der Waals surface area contributed by atoms with Crippen LogP contribution in [-0.4, -0.2) is 54.7 Å². The lowest BCUT2D eigenvalue weighted by molar-refractivity contribution is 0.149. The number of nitrogens with zero attached hydrogens (tertiary/aromatic N) is 2. The van der Waals surface area contributed by atoms with E-state index in [9.17, 15) is 5.11 Å². The van der Waals surface area contributed by atoms with Crippen LogP contribution in [0, 0.1) is 0 Å². The molecule has 1 N–H and O–H groups in total. The Balaban J connectivity index is 1.90. The van der Waals surface area contributed by atoms with E-state index in [1.54, 1.807) is 6.07 Å². The first-order valence-electron chi connectivity index (χ1n) is 6.35. The lowest BCUT2D eigenvalue weighted by Crippen LogP contribution is -2.45. The van der Waals surface area contributed by atoms with E-state index in [1.807, 2.05) is 12.1 Å². The molecule has 1 heterocycles. The molecule has 1 saturated heterocycles. The standard InChI is InChI=1S/C14H22N2O/c1-12(13-4-3-5-14(17)10-13)11-16-8-6-15(2)7-9-16/h3-5,10,12,17H,6-9,11H2,1-2H3. The molecule has 1 unspecified atom stereocenters. The quantitative estimate of drug-likeness (QED) is 0.863. The Labute approximate surface area is 104 Å². The molecule has 1 aliphatic heterocycles. The number of hydrogen-bond donors (Lipinski definition) is 1. The molecule has 3 heteroatoms. The SMILES string of the molecule is CC(CN1CCN(C)CC1)c1cccc(O)c1. The van der Waals surface area contributed by atoms with Crippen molar-refractivity contribution in [3.63, 3.8) is 0 Å². The Morgan fingerprint density at radius 1 is 1.24 bits per heavy atom. The van der Waals surface area contributed by atoms with Gasteiger partial charge >= 0.3 is 0 Å². The molecule has 1 atom stereocenters. The molecule has 1 aromatic rings. The summed E-state index contributed by atoms with van der Waals surface area (Å²) >= 11 is 0. The normalized spacial score (nSPS) is 20.4. The molecule has 0 aromatic heterocycles. The fraction of sp³-hybridized carbons (Fsp3) is 0.571. The second-order valence-corrected chi connectivity index (χ2v) is 5.10. The molecule has 0 radical (unpaired) electrons. The third-order valence-corrected chi connectivity index (χ3v) is 3.57. The van der Waals surface area contributed by atoms with Crippen LogP contribution in [0.3, 0.4) is 0 Å². The van der Waals surface area contributed by atoms with E-state index in [0.29, 0.717) is 11.7 Å². The van der Waals surface area contributed by atoms with E-state index in [0.717, 1.165) is 32.7 Å². The molecule has 1 aromatic carbocycles. The molecule has 0 bridgehead atoms. The second-order valence-electron chi connectivity index (χ2n) is 5.10. The molecular formula is C14H22N2O. The molecule has 0 saturated carbocycles. The van der Waals surface area contributed by atoms with Crippen molar-refractivity contribution in [1.82, 2.24) is 9.80 Å². The number of benzene rings is 1. The molecule has 17 heavy (non-hydrogen) atoms. The fourth-order valence-electron chi connectivity index (χ4n) is 2.35. The summed E-state index contributed by atoms with van der Waals surface area (Å²) in [6.07, 6.45) is 0. The first-order valence-corrected chi connectivity index (χ1v) is 6.35. The van der Waals surface area contributed by atoms with Crippen molar-refractivity contribution >= 4 is 0 Å². The minimum Gasteiger partial charge on any atom is -0.508 e. The summed E-state index contributed by atoms with van der Waals surface area (Å²) in [6, 6.07) is 7.62. The van der Waals surface area contributed by atoms with Gasteiger partial charge in [0.2, 0.25) is 0 Å². The first kappa shape index (κ1) is 12.4. The molecule has 3 nitrogen and oxygen atoms in total. The highest BCUT2D eigenvalue weighted by Crippen LogP contribution is 2.21. The van der Waals surface area contributed by atoms with Gasteiger partial charge in [-0.25, -0.2) is 0 Å². The van der Waals surface area contributed by atoms with Gasteiger partial charge < -0.3 is 14.9 Å². The average molecular weight is 234 g/mol. The Bertz CT molecular complexity index is 359. The van der Waals surface area contributed by atoms with Crippen LogP contribution in [0.25, 0.3) is 0 Å². The lowest BCUT2D eigenvalue weighted by Gasteiger charge is -2.34. The van der Waals surface area contributed by atoms with Crippen molar-refractivity contribution in [3.8, 4) is 5.75 Å². The first-order chi connectivity index (χ1) is 8.15. The van der Waals surface area contributed by atoms with E-state index >= 15 is 0 Å². The van der Waals surface area contributed by atoms with Crippen LogP contribution < -0.4 is 0 Å². The number of piperazine rings is 1. The summed E-state index contributed by atoms with van der Waals surface area (Å²) in [6.45, 7) is 7.93. The number of phenolic OH excluding ortho intramolecular Hbond substituents is 1. The Morgan fingerprint density at radius 3 is 2.59 bits per heavy atom. The van der Waals surface area contributed by atoms with Crippen LogP contribution in [0.5, 0.6) is 5.75 Å². The van der Waals surface area contributed by atoms with Crippen LogP contribution >= 0.6 is 0 Å². The van der Waals surface area contributed by atoms with E-state index < -0.39 is 0 Å². The van der Waals surface area contributed by atoms with Gasteiger partial charge in [0.1, 0.15) is 5.75 Å². The number of rotatable bonds is 3. The van der Waals surface area contributed by atoms with Gasteiger partial charge in [0, 0.05) is 32.7 Å². The van der Waals surface area contributed by atoms with Crippen molar-refractivity contribution in [3.05, 3.63) is 29.8 Å². The molecule has 94 valence electrons. The van der Waals surface area contributed by atoms with Gasteiger partial charge in [0.25, 0.3) is 0 Å². The lowest BCUT2D eigenvalue weighted by atomic mass is 10.00. The average Bonchev–Trinajstić information content (AvgIpc) is 2.32. The zero-order chi connectivity index (χ0) is 12.3. The fourth-order valence-corrected chi connectivity index (χ4v) is 2.35. The zero-order valence-electron chi connectivity index (χ0n) is 10.8. The highest BCUT2D eigenvalue weighted by molar-refractivity contribution is 5.29. The van der Waals surface area contributed by atoms with Crippen molar-refractivity contribution < 1.29 is 5.11 Å². The summed E-state index contributed by atoms with van der Waals surface area (Å²) in [7, 11) is 2.18. The summed E-state index contributed by atoms with van der Waals surface area (Å²) in [5, 5.41) is 9.48. The smallest absolute Gasteiger partial charge is 0.115 e. The predicted octanol–water partition coefficient (Wildman–Crippen LogP) is 1.74. The van der Waals surface area contributed by atoms with Gasteiger partial charge in [-0.2, -0.15) is 0 Å². The topological polar surface area (TPSA) is 26.7 Å². The monoisotopic (exact) mass is 234 g/mol. The Morgan fingerprint density at radius 2 is 1.94 bits per heavy atom. The van der Waals surface area contributed by atoms with Crippen LogP contribution in [0.4, 0.5) is 0 Å². The highest BCUT2D eigenvalue weighted by Gasteiger charge is 2.16. The summed E-state index contributed by atoms with van der Waals surface area (Å²) in [5.74, 6) is 0.846. The number of phenols is 1. The highest BCUT2D eigenvalue weighted by atomic mass is 16.3. The van der Waals surface area contributed by atoms with Crippen molar-refractivity contribution in [2.75, 3.05) is 39.8 Å². The van der Waals surface area contributed by atoms with Gasteiger partial charge in [0.05, 0.1) is 0 Å². The van der Waals surface area contributed by atoms with E-state index in [2.05, 4.69) is 29.8 Å². The van der Waals surface area contributed by atoms with Gasteiger partial charge in [-0.15, -0.1) is 0 Å². The summed E-state index contributed by atoms with van der Waals surface area (Å²) in [4.78, 5) is 4.88. The van der Waals surface area contributed by atoms with Gasteiger partial charge in [-0.1, -0.05) is 19.1 Å². The molecule has 2 rings (SSSR count). The van der Waals surface area contributed by atoms with Crippen LogP contribution in [-0.2, 0) is 0 Å². The molecule has 0 amide bonds. The molecule has 0 spiro atoms. The van der Waals surface area contributed by atoms with Crippen LogP contribution in [0.1, 0.15) is 18.4 Å². The Hall–Kier alpha value is -1.06. The maximum absolute atomic E-state index is 9.48. The van der Waals surface area contributed by atoms with Crippen LogP contribution in [0.2, 0.25) is 0 Å². The molecule has 1 aliphatic rings. The largest absolute Gasteiger partial charge is 0.508 e. The van der Waals surface area contributed by atoms with Gasteiger partial charge in [-0.3, -0.25) is 0 Å². The third-order valence-electron chi connectivity index (χ3n) is 3.57.